The van der Waals surface area contributed by atoms with Crippen LogP contribution in [0, 0.1) is 0 Å². The van der Waals surface area contributed by atoms with Crippen LogP contribution in [0.5, 0.6) is 11.5 Å². The van der Waals surface area contributed by atoms with E-state index in [1.165, 1.54) is 0 Å². The smallest absolute Gasteiger partial charge is 0.172 e. The van der Waals surface area contributed by atoms with Gasteiger partial charge in [0.05, 0.1) is 19.4 Å². The summed E-state index contributed by atoms with van der Waals surface area (Å²) >= 11 is 0. The summed E-state index contributed by atoms with van der Waals surface area (Å²) in [5.41, 5.74) is 1.33. The van der Waals surface area contributed by atoms with Gasteiger partial charge in [0, 0.05) is 6.54 Å². The molecule has 2 rings (SSSR count). The number of nitrogens with zero attached hydrogens (tertiary/aromatic N) is 3. The van der Waals surface area contributed by atoms with Crippen LogP contribution in [0.3, 0.4) is 0 Å². The number of benzene rings is 1. The minimum absolute atomic E-state index is 0.436. The van der Waals surface area contributed by atoms with Crippen molar-refractivity contribution < 1.29 is 14.3 Å². The maximum Gasteiger partial charge on any atom is 0.172 e. The van der Waals surface area contributed by atoms with E-state index >= 15 is 0 Å². The van der Waals surface area contributed by atoms with E-state index in [-0.39, 0.29) is 0 Å². The second-order valence-corrected chi connectivity index (χ2v) is 5.24. The van der Waals surface area contributed by atoms with Gasteiger partial charge in [-0.1, -0.05) is 18.6 Å². The molecule has 6 nitrogen and oxygen atoms in total. The topological polar surface area (TPSA) is 66.2 Å². The molecule has 0 bridgehead atoms. The zero-order chi connectivity index (χ0) is 16.5. The van der Waals surface area contributed by atoms with Crippen molar-refractivity contribution in [3.8, 4) is 11.5 Å². The first-order valence-corrected chi connectivity index (χ1v) is 7.93. The Bertz CT molecular complexity index is 608. The van der Waals surface area contributed by atoms with Gasteiger partial charge in [0.2, 0.25) is 0 Å². The van der Waals surface area contributed by atoms with E-state index in [2.05, 4.69) is 17.2 Å². The van der Waals surface area contributed by atoms with Gasteiger partial charge in [-0.15, -0.1) is 5.10 Å². The fourth-order valence-electron chi connectivity index (χ4n) is 2.28. The fraction of sp³-hybridized carbons (Fsp3) is 0.471. The van der Waals surface area contributed by atoms with Crippen LogP contribution >= 0.6 is 0 Å². The highest BCUT2D eigenvalue weighted by Gasteiger charge is 2.11. The largest absolute Gasteiger partial charge is 0.497 e. The summed E-state index contributed by atoms with van der Waals surface area (Å²) < 4.78 is 12.6. The molecule has 0 saturated heterocycles. The van der Waals surface area contributed by atoms with Crippen LogP contribution in [0.4, 0.5) is 0 Å². The fourth-order valence-corrected chi connectivity index (χ4v) is 2.28. The highest BCUT2D eigenvalue weighted by Crippen LogP contribution is 2.17. The van der Waals surface area contributed by atoms with Crippen LogP contribution in [-0.4, -0.2) is 35.0 Å². The molecule has 124 valence electrons. The van der Waals surface area contributed by atoms with Crippen molar-refractivity contribution in [2.24, 2.45) is 0 Å². The summed E-state index contributed by atoms with van der Waals surface area (Å²) in [6, 6.07) is 7.48. The molecule has 0 aliphatic carbocycles. The Morgan fingerprint density at radius 3 is 2.57 bits per heavy atom. The standard InChI is InChI=1S/C17H23N3O3/c1-3-4-11-20-17(16(13-21)18-19-20)6-5-12-23-15-9-7-14(22-2)8-10-15/h7-10,13H,3-6,11-12H2,1-2H3. The van der Waals surface area contributed by atoms with Crippen LogP contribution in [0.25, 0.3) is 0 Å². The molecule has 6 heteroatoms. The maximum atomic E-state index is 11.1. The first-order chi connectivity index (χ1) is 11.3. The van der Waals surface area contributed by atoms with E-state index in [4.69, 9.17) is 9.47 Å². The van der Waals surface area contributed by atoms with Crippen LogP contribution in [0.2, 0.25) is 0 Å². The van der Waals surface area contributed by atoms with Crippen LogP contribution < -0.4 is 9.47 Å². The number of rotatable bonds is 10. The van der Waals surface area contributed by atoms with Crippen molar-refractivity contribution in [2.75, 3.05) is 13.7 Å². The van der Waals surface area contributed by atoms with Gasteiger partial charge in [0.15, 0.2) is 6.29 Å². The summed E-state index contributed by atoms with van der Waals surface area (Å²) in [5.74, 6) is 1.61. The van der Waals surface area contributed by atoms with Gasteiger partial charge >= 0.3 is 0 Å². The number of ether oxygens (including phenoxy) is 2. The first-order valence-electron chi connectivity index (χ1n) is 7.93. The molecule has 0 atom stereocenters. The molecular weight excluding hydrogens is 294 g/mol. The molecule has 0 aliphatic heterocycles. The Morgan fingerprint density at radius 1 is 1.17 bits per heavy atom. The second-order valence-electron chi connectivity index (χ2n) is 5.24. The number of carbonyl (C=O) groups excluding carboxylic acids is 1. The Morgan fingerprint density at radius 2 is 1.91 bits per heavy atom. The van der Waals surface area contributed by atoms with Crippen molar-refractivity contribution in [2.45, 2.75) is 39.2 Å². The number of aldehydes is 1. The van der Waals surface area contributed by atoms with Crippen LogP contribution in [0.15, 0.2) is 24.3 Å². The second kappa shape index (κ2) is 8.92. The van der Waals surface area contributed by atoms with E-state index < -0.39 is 0 Å². The highest BCUT2D eigenvalue weighted by atomic mass is 16.5. The summed E-state index contributed by atoms with van der Waals surface area (Å²) in [4.78, 5) is 11.1. The normalized spacial score (nSPS) is 10.5. The first kappa shape index (κ1) is 17.0. The van der Waals surface area contributed by atoms with Gasteiger partial charge in [-0.3, -0.25) is 4.79 Å². The molecule has 1 heterocycles. The molecule has 2 aromatic rings. The van der Waals surface area contributed by atoms with Gasteiger partial charge in [0.1, 0.15) is 17.2 Å². The van der Waals surface area contributed by atoms with Gasteiger partial charge in [-0.25, -0.2) is 4.68 Å². The van der Waals surface area contributed by atoms with Gasteiger partial charge < -0.3 is 9.47 Å². The molecule has 0 N–H and O–H groups in total. The van der Waals surface area contributed by atoms with Gasteiger partial charge in [0.25, 0.3) is 0 Å². The van der Waals surface area contributed by atoms with E-state index in [1.807, 2.05) is 28.9 Å². The highest BCUT2D eigenvalue weighted by molar-refractivity contribution is 5.73. The number of hydrogen-bond donors (Lipinski definition) is 0. The number of aromatic nitrogens is 3. The third kappa shape index (κ3) is 4.81. The number of unbranched alkanes of at least 4 members (excludes halogenated alkanes) is 1. The quantitative estimate of drug-likeness (QED) is 0.498. The zero-order valence-electron chi connectivity index (χ0n) is 13.7. The van der Waals surface area contributed by atoms with Crippen molar-refractivity contribution in [1.82, 2.24) is 15.0 Å². The number of hydrogen-bond acceptors (Lipinski definition) is 5. The minimum atomic E-state index is 0.436. The molecule has 0 spiro atoms. The summed E-state index contributed by atoms with van der Waals surface area (Å²) in [6.07, 6.45) is 4.40. The van der Waals surface area contributed by atoms with Crippen molar-refractivity contribution in [1.29, 1.82) is 0 Å². The Balaban J connectivity index is 1.85. The minimum Gasteiger partial charge on any atom is -0.497 e. The number of aryl methyl sites for hydroxylation is 1. The van der Waals surface area contributed by atoms with E-state index in [0.717, 1.165) is 55.7 Å². The maximum absolute atomic E-state index is 11.1. The lowest BCUT2D eigenvalue weighted by molar-refractivity contribution is 0.111. The molecule has 23 heavy (non-hydrogen) atoms. The molecule has 0 fully saturated rings. The molecule has 1 aromatic carbocycles. The molecule has 0 amide bonds. The van der Waals surface area contributed by atoms with Crippen molar-refractivity contribution >= 4 is 6.29 Å². The zero-order valence-corrected chi connectivity index (χ0v) is 13.7. The molecular formula is C17H23N3O3. The average molecular weight is 317 g/mol. The SMILES string of the molecule is CCCCn1nnc(C=O)c1CCCOc1ccc(OC)cc1. The number of carbonyl (C=O) groups is 1. The van der Waals surface area contributed by atoms with Crippen molar-refractivity contribution in [3.05, 3.63) is 35.7 Å². The Labute approximate surface area is 136 Å². The molecule has 0 saturated carbocycles. The lowest BCUT2D eigenvalue weighted by Gasteiger charge is -2.08. The lowest BCUT2D eigenvalue weighted by Crippen LogP contribution is -2.08. The van der Waals surface area contributed by atoms with Gasteiger partial charge in [-0.2, -0.15) is 0 Å². The third-order valence-electron chi connectivity index (χ3n) is 3.59. The van der Waals surface area contributed by atoms with E-state index in [9.17, 15) is 4.79 Å². The van der Waals surface area contributed by atoms with Crippen molar-refractivity contribution in [3.63, 3.8) is 0 Å². The molecule has 1 aromatic heterocycles. The number of methoxy groups -OCH3 is 1. The van der Waals surface area contributed by atoms with E-state index in [0.29, 0.717) is 12.3 Å². The predicted octanol–water partition coefficient (Wildman–Crippen LogP) is 2.91. The molecule has 0 radical (unpaired) electrons. The monoisotopic (exact) mass is 317 g/mol. The molecule has 0 unspecified atom stereocenters. The Hall–Kier alpha value is -2.37. The predicted molar refractivity (Wildman–Crippen MR) is 87.1 cm³/mol. The van der Waals surface area contributed by atoms with Gasteiger partial charge in [-0.05, 0) is 43.5 Å². The third-order valence-corrected chi connectivity index (χ3v) is 3.59. The average Bonchev–Trinajstić information content (AvgIpc) is 2.99. The summed E-state index contributed by atoms with van der Waals surface area (Å²) in [7, 11) is 1.64. The lowest BCUT2D eigenvalue weighted by atomic mass is 10.2. The van der Waals surface area contributed by atoms with Crippen LogP contribution in [-0.2, 0) is 13.0 Å². The summed E-state index contributed by atoms with van der Waals surface area (Å²) in [5, 5.41) is 7.99. The summed E-state index contributed by atoms with van der Waals surface area (Å²) in [6.45, 7) is 3.50. The Kier molecular flexibility index (Phi) is 6.59. The van der Waals surface area contributed by atoms with Crippen LogP contribution in [0.1, 0.15) is 42.4 Å². The van der Waals surface area contributed by atoms with E-state index in [1.54, 1.807) is 7.11 Å². The molecule has 0 aliphatic rings.